The van der Waals surface area contributed by atoms with Gasteiger partial charge in [0.05, 0.1) is 0 Å². The summed E-state index contributed by atoms with van der Waals surface area (Å²) < 4.78 is 0. The van der Waals surface area contributed by atoms with E-state index < -0.39 is 0 Å². The molecule has 0 bridgehead atoms. The second-order valence-electron chi connectivity index (χ2n) is 7.01. The summed E-state index contributed by atoms with van der Waals surface area (Å²) in [4.78, 5) is 2.33. The normalized spacial score (nSPS) is 14.8. The molecule has 0 spiro atoms. The number of nitrogens with one attached hydrogen (secondary N) is 1. The molecular formula is C23H28N2O2. The molecule has 1 saturated heterocycles. The molecule has 0 aromatic heterocycles. The Bertz CT molecular complexity index is 823. The number of rotatable bonds is 7. The summed E-state index contributed by atoms with van der Waals surface area (Å²) in [5.74, 6) is 0.411. The third-order valence-corrected chi connectivity index (χ3v) is 4.96. The van der Waals surface area contributed by atoms with Crippen molar-refractivity contribution in [1.29, 1.82) is 0 Å². The molecule has 2 aromatic rings. The summed E-state index contributed by atoms with van der Waals surface area (Å²) in [6, 6.07) is 9.49. The minimum atomic E-state index is 0.169. The summed E-state index contributed by atoms with van der Waals surface area (Å²) in [6.45, 7) is 12.2. The van der Waals surface area contributed by atoms with Crippen LogP contribution in [-0.2, 0) is 19.4 Å². The third kappa shape index (κ3) is 4.59. The van der Waals surface area contributed by atoms with E-state index in [9.17, 15) is 10.2 Å². The lowest BCUT2D eigenvalue weighted by atomic mass is 9.94. The van der Waals surface area contributed by atoms with Gasteiger partial charge in [0.2, 0.25) is 0 Å². The van der Waals surface area contributed by atoms with Crippen LogP contribution in [0.2, 0.25) is 0 Å². The van der Waals surface area contributed by atoms with E-state index in [4.69, 9.17) is 0 Å². The van der Waals surface area contributed by atoms with Gasteiger partial charge in [-0.15, -0.1) is 13.2 Å². The number of allylic oxidation sites excluding steroid dienone is 2. The van der Waals surface area contributed by atoms with E-state index >= 15 is 0 Å². The van der Waals surface area contributed by atoms with E-state index in [0.29, 0.717) is 24.1 Å². The van der Waals surface area contributed by atoms with Gasteiger partial charge in [0.15, 0.2) is 0 Å². The zero-order chi connectivity index (χ0) is 19.2. The first kappa shape index (κ1) is 19.2. The maximum atomic E-state index is 11.0. The SMILES string of the molecule is C=CCc1ccc(O)c(-c2cc(CC=C)cc(CN3CCNCC3)c2O)c1. The van der Waals surface area contributed by atoms with E-state index in [0.717, 1.165) is 49.3 Å². The Morgan fingerprint density at radius 2 is 1.59 bits per heavy atom. The van der Waals surface area contributed by atoms with Crippen molar-refractivity contribution in [2.75, 3.05) is 26.2 Å². The second kappa shape index (κ2) is 8.89. The molecule has 4 heteroatoms. The van der Waals surface area contributed by atoms with Crippen LogP contribution in [0.1, 0.15) is 16.7 Å². The first-order valence-corrected chi connectivity index (χ1v) is 9.44. The summed E-state index contributed by atoms with van der Waals surface area (Å²) in [6.07, 6.45) is 5.13. The van der Waals surface area contributed by atoms with E-state index in [-0.39, 0.29) is 11.5 Å². The first-order valence-electron chi connectivity index (χ1n) is 9.44. The highest BCUT2D eigenvalue weighted by Crippen LogP contribution is 2.39. The molecule has 0 aliphatic carbocycles. The Hall–Kier alpha value is -2.56. The van der Waals surface area contributed by atoms with Gasteiger partial charge in [-0.25, -0.2) is 0 Å². The van der Waals surface area contributed by atoms with Gasteiger partial charge in [-0.2, -0.15) is 0 Å². The summed E-state index contributed by atoms with van der Waals surface area (Å²) in [5.41, 5.74) is 4.34. The van der Waals surface area contributed by atoms with E-state index in [1.165, 1.54) is 0 Å². The Morgan fingerprint density at radius 1 is 0.926 bits per heavy atom. The van der Waals surface area contributed by atoms with Crippen LogP contribution < -0.4 is 5.32 Å². The molecule has 2 aromatic carbocycles. The molecule has 3 N–H and O–H groups in total. The summed E-state index contributed by atoms with van der Waals surface area (Å²) in [5, 5.41) is 24.8. The monoisotopic (exact) mass is 364 g/mol. The van der Waals surface area contributed by atoms with Crippen LogP contribution in [-0.4, -0.2) is 41.3 Å². The zero-order valence-corrected chi connectivity index (χ0v) is 15.7. The maximum Gasteiger partial charge on any atom is 0.128 e. The molecule has 1 fully saturated rings. The second-order valence-corrected chi connectivity index (χ2v) is 7.01. The van der Waals surface area contributed by atoms with Crippen LogP contribution in [0.4, 0.5) is 0 Å². The predicted molar refractivity (Wildman–Crippen MR) is 111 cm³/mol. The number of benzene rings is 2. The molecule has 142 valence electrons. The quantitative estimate of drug-likeness (QED) is 0.657. The standard InChI is InChI=1S/C23H28N2O2/c1-3-5-17-7-8-22(26)20(14-17)21-15-18(6-4-2)13-19(23(21)27)16-25-11-9-24-10-12-25/h3-4,7-8,13-15,24,26-27H,1-2,5-6,9-12,16H2. The average Bonchev–Trinajstić information content (AvgIpc) is 2.67. The molecular weight excluding hydrogens is 336 g/mol. The molecule has 0 amide bonds. The van der Waals surface area contributed by atoms with Crippen LogP contribution in [0.3, 0.4) is 0 Å². The van der Waals surface area contributed by atoms with Gasteiger partial charge in [0.25, 0.3) is 0 Å². The first-order chi connectivity index (χ1) is 13.1. The van der Waals surface area contributed by atoms with Crippen molar-refractivity contribution in [1.82, 2.24) is 10.2 Å². The van der Waals surface area contributed by atoms with Gasteiger partial charge in [-0.3, -0.25) is 4.90 Å². The van der Waals surface area contributed by atoms with Crippen LogP contribution in [0, 0.1) is 0 Å². The third-order valence-electron chi connectivity index (χ3n) is 4.96. The number of nitrogens with zero attached hydrogens (tertiary/aromatic N) is 1. The molecule has 4 nitrogen and oxygen atoms in total. The Labute approximate surface area is 161 Å². The van der Waals surface area contributed by atoms with Crippen molar-refractivity contribution < 1.29 is 10.2 Å². The molecule has 0 radical (unpaired) electrons. The predicted octanol–water partition coefficient (Wildman–Crippen LogP) is 3.63. The van der Waals surface area contributed by atoms with Crippen molar-refractivity contribution >= 4 is 0 Å². The van der Waals surface area contributed by atoms with E-state index in [1.54, 1.807) is 6.07 Å². The number of hydrogen-bond acceptors (Lipinski definition) is 4. The van der Waals surface area contributed by atoms with Gasteiger partial charge >= 0.3 is 0 Å². The van der Waals surface area contributed by atoms with Crippen molar-refractivity contribution in [3.8, 4) is 22.6 Å². The smallest absolute Gasteiger partial charge is 0.128 e. The number of piperazine rings is 1. The molecule has 1 aliphatic heterocycles. The number of phenolic OH excluding ortho intramolecular Hbond substituents is 2. The fraction of sp³-hybridized carbons (Fsp3) is 0.304. The topological polar surface area (TPSA) is 55.7 Å². The fourth-order valence-electron chi connectivity index (χ4n) is 3.57. The molecule has 3 rings (SSSR count). The lowest BCUT2D eigenvalue weighted by Crippen LogP contribution is -2.42. The lowest BCUT2D eigenvalue weighted by molar-refractivity contribution is 0.230. The maximum absolute atomic E-state index is 11.0. The molecule has 0 unspecified atom stereocenters. The molecule has 1 aliphatic rings. The minimum Gasteiger partial charge on any atom is -0.507 e. The van der Waals surface area contributed by atoms with Crippen LogP contribution in [0.15, 0.2) is 55.6 Å². The highest BCUT2D eigenvalue weighted by molar-refractivity contribution is 5.78. The van der Waals surface area contributed by atoms with Gasteiger partial charge in [0, 0.05) is 49.4 Å². The molecule has 0 saturated carbocycles. The van der Waals surface area contributed by atoms with Crippen LogP contribution >= 0.6 is 0 Å². The van der Waals surface area contributed by atoms with Gasteiger partial charge in [-0.1, -0.05) is 24.3 Å². The van der Waals surface area contributed by atoms with Crippen molar-refractivity contribution in [3.63, 3.8) is 0 Å². The van der Waals surface area contributed by atoms with E-state index in [2.05, 4.69) is 23.4 Å². The fourth-order valence-corrected chi connectivity index (χ4v) is 3.57. The molecule has 0 atom stereocenters. The lowest BCUT2D eigenvalue weighted by Gasteiger charge is -2.28. The Morgan fingerprint density at radius 3 is 2.30 bits per heavy atom. The summed E-state index contributed by atoms with van der Waals surface area (Å²) in [7, 11) is 0. The van der Waals surface area contributed by atoms with Gasteiger partial charge in [-0.05, 0) is 42.2 Å². The number of hydrogen-bond donors (Lipinski definition) is 3. The molecule has 1 heterocycles. The van der Waals surface area contributed by atoms with E-state index in [1.807, 2.05) is 36.4 Å². The van der Waals surface area contributed by atoms with Crippen LogP contribution in [0.25, 0.3) is 11.1 Å². The number of aromatic hydroxyl groups is 2. The van der Waals surface area contributed by atoms with Gasteiger partial charge in [0.1, 0.15) is 11.5 Å². The minimum absolute atomic E-state index is 0.169. The highest BCUT2D eigenvalue weighted by Gasteiger charge is 2.18. The Kier molecular flexibility index (Phi) is 6.32. The highest BCUT2D eigenvalue weighted by atomic mass is 16.3. The van der Waals surface area contributed by atoms with Crippen molar-refractivity contribution in [3.05, 3.63) is 72.3 Å². The molecule has 27 heavy (non-hydrogen) atoms. The van der Waals surface area contributed by atoms with Gasteiger partial charge < -0.3 is 15.5 Å². The average molecular weight is 364 g/mol. The van der Waals surface area contributed by atoms with Crippen LogP contribution in [0.5, 0.6) is 11.5 Å². The van der Waals surface area contributed by atoms with Crippen molar-refractivity contribution in [2.24, 2.45) is 0 Å². The van der Waals surface area contributed by atoms with Crippen molar-refractivity contribution in [2.45, 2.75) is 19.4 Å². The number of phenols is 2. The largest absolute Gasteiger partial charge is 0.507 e. The summed E-state index contributed by atoms with van der Waals surface area (Å²) >= 11 is 0. The Balaban J connectivity index is 2.04. The zero-order valence-electron chi connectivity index (χ0n) is 15.7.